The molecule has 0 fully saturated rings. The molecule has 0 amide bonds. The van der Waals surface area contributed by atoms with Gasteiger partial charge in [0.25, 0.3) is 0 Å². The molecule has 0 aliphatic rings. The smallest absolute Gasteiger partial charge is 0.197 e. The first-order valence-corrected chi connectivity index (χ1v) is 7.28. The molecular weight excluding hydrogens is 311 g/mol. The highest BCUT2D eigenvalue weighted by Gasteiger charge is 2.13. The second kappa shape index (κ2) is 6.58. The van der Waals surface area contributed by atoms with Crippen LogP contribution in [0.25, 0.3) is 22.3 Å². The zero-order valence-corrected chi connectivity index (χ0v) is 13.0. The highest BCUT2D eigenvalue weighted by molar-refractivity contribution is 5.85. The van der Waals surface area contributed by atoms with E-state index in [1.54, 1.807) is 30.3 Å². The minimum absolute atomic E-state index is 0.140. The van der Waals surface area contributed by atoms with Gasteiger partial charge in [0, 0.05) is 23.8 Å². The first-order chi connectivity index (χ1) is 11.6. The Balaban J connectivity index is 2.07. The Hall–Kier alpha value is -3.08. The van der Waals surface area contributed by atoms with Crippen LogP contribution in [0.2, 0.25) is 0 Å². The monoisotopic (exact) mass is 326 g/mol. The molecule has 0 saturated carbocycles. The van der Waals surface area contributed by atoms with Gasteiger partial charge in [-0.3, -0.25) is 4.79 Å². The quantitative estimate of drug-likeness (QED) is 0.660. The number of methoxy groups -OCH3 is 1. The Kier molecular flexibility index (Phi) is 4.33. The molecule has 3 rings (SSSR count). The second-order valence-corrected chi connectivity index (χ2v) is 5.08. The normalized spacial score (nSPS) is 10.6. The summed E-state index contributed by atoms with van der Waals surface area (Å²) in [6.07, 6.45) is 1.65. The van der Waals surface area contributed by atoms with Gasteiger partial charge in [-0.2, -0.15) is 0 Å². The van der Waals surface area contributed by atoms with Crippen LogP contribution in [0.15, 0.2) is 64.3 Å². The first-order valence-electron chi connectivity index (χ1n) is 7.28. The fraction of sp³-hybridized carbons (Fsp3) is 0.105. The molecule has 24 heavy (non-hydrogen) atoms. The number of benzene rings is 2. The van der Waals surface area contributed by atoms with Crippen molar-refractivity contribution in [2.24, 2.45) is 0 Å². The molecule has 0 aliphatic carbocycles. The molecule has 0 radical (unpaired) electrons. The summed E-state index contributed by atoms with van der Waals surface area (Å²) in [6, 6.07) is 10.7. The van der Waals surface area contributed by atoms with E-state index in [-0.39, 0.29) is 22.1 Å². The lowest BCUT2D eigenvalue weighted by atomic mass is 10.1. The van der Waals surface area contributed by atoms with Crippen LogP contribution in [0.3, 0.4) is 0 Å². The third-order valence-electron chi connectivity index (χ3n) is 3.49. The van der Waals surface area contributed by atoms with Crippen molar-refractivity contribution in [1.82, 2.24) is 0 Å². The van der Waals surface area contributed by atoms with Crippen molar-refractivity contribution < 1.29 is 18.3 Å². The lowest BCUT2D eigenvalue weighted by Crippen LogP contribution is -2.03. The molecule has 0 N–H and O–H groups in total. The Morgan fingerprint density at radius 3 is 2.62 bits per heavy atom. The number of hydrogen-bond donors (Lipinski definition) is 0. The van der Waals surface area contributed by atoms with E-state index in [2.05, 4.69) is 6.58 Å². The van der Waals surface area contributed by atoms with Gasteiger partial charge in [0.2, 0.25) is 0 Å². The second-order valence-electron chi connectivity index (χ2n) is 5.08. The Morgan fingerprint density at radius 2 is 1.96 bits per heavy atom. The molecule has 0 atom stereocenters. The maximum absolute atomic E-state index is 13.7. The lowest BCUT2D eigenvalue weighted by Gasteiger charge is -2.08. The summed E-state index contributed by atoms with van der Waals surface area (Å²) in [5.74, 6) is 0.635. The third kappa shape index (κ3) is 3.01. The van der Waals surface area contributed by atoms with E-state index in [1.165, 1.54) is 19.2 Å². The van der Waals surface area contributed by atoms with Gasteiger partial charge >= 0.3 is 0 Å². The molecule has 0 unspecified atom stereocenters. The summed E-state index contributed by atoms with van der Waals surface area (Å²) in [5, 5.41) is 0.216. The van der Waals surface area contributed by atoms with Crippen molar-refractivity contribution >= 4 is 11.0 Å². The average Bonchev–Trinajstić information content (AvgIpc) is 2.59. The van der Waals surface area contributed by atoms with E-state index in [0.29, 0.717) is 23.7 Å². The molecule has 1 aromatic heterocycles. The molecule has 122 valence electrons. The summed E-state index contributed by atoms with van der Waals surface area (Å²) in [4.78, 5) is 12.4. The summed E-state index contributed by atoms with van der Waals surface area (Å²) in [6.45, 7) is 3.99. The van der Waals surface area contributed by atoms with E-state index in [1.807, 2.05) is 0 Å². The zero-order valence-electron chi connectivity index (χ0n) is 13.0. The van der Waals surface area contributed by atoms with Crippen LogP contribution >= 0.6 is 0 Å². The molecular formula is C19H15FO4. The van der Waals surface area contributed by atoms with Gasteiger partial charge in [0.1, 0.15) is 40.7 Å². The standard InChI is InChI=1S/C19H15FO4/c1-3-8-23-14-6-4-12(5-7-14)16-11-15(21)19-17(22-2)9-13(20)10-18(19)24-16/h3-7,9-11H,1,8H2,2H3. The summed E-state index contributed by atoms with van der Waals surface area (Å²) in [7, 11) is 1.38. The number of rotatable bonds is 5. The van der Waals surface area contributed by atoms with Crippen LogP contribution in [0.5, 0.6) is 11.5 Å². The molecule has 0 spiro atoms. The minimum Gasteiger partial charge on any atom is -0.496 e. The maximum atomic E-state index is 13.7. The summed E-state index contributed by atoms with van der Waals surface area (Å²) < 4.78 is 29.8. The third-order valence-corrected chi connectivity index (χ3v) is 3.49. The molecule has 0 saturated heterocycles. The van der Waals surface area contributed by atoms with Crippen LogP contribution in [0.4, 0.5) is 4.39 Å². The Bertz CT molecular complexity index is 942. The van der Waals surface area contributed by atoms with Crippen LogP contribution in [-0.4, -0.2) is 13.7 Å². The van der Waals surface area contributed by atoms with Crippen LogP contribution in [-0.2, 0) is 0 Å². The highest BCUT2D eigenvalue weighted by atomic mass is 19.1. The maximum Gasteiger partial charge on any atom is 0.197 e. The topological polar surface area (TPSA) is 48.7 Å². The number of fused-ring (bicyclic) bond motifs is 1. The van der Waals surface area contributed by atoms with E-state index in [0.717, 1.165) is 6.07 Å². The molecule has 0 aliphatic heterocycles. The zero-order chi connectivity index (χ0) is 17.1. The fourth-order valence-electron chi connectivity index (χ4n) is 2.39. The van der Waals surface area contributed by atoms with Crippen molar-refractivity contribution in [2.45, 2.75) is 0 Å². The van der Waals surface area contributed by atoms with Crippen molar-refractivity contribution in [2.75, 3.05) is 13.7 Å². The van der Waals surface area contributed by atoms with Gasteiger partial charge in [0.15, 0.2) is 5.43 Å². The van der Waals surface area contributed by atoms with Crippen LogP contribution in [0, 0.1) is 5.82 Å². The van der Waals surface area contributed by atoms with Crippen molar-refractivity contribution in [1.29, 1.82) is 0 Å². The molecule has 2 aromatic carbocycles. The Morgan fingerprint density at radius 1 is 1.21 bits per heavy atom. The SMILES string of the molecule is C=CCOc1ccc(-c2cc(=O)c3c(OC)cc(F)cc3o2)cc1. The largest absolute Gasteiger partial charge is 0.496 e. The van der Waals surface area contributed by atoms with E-state index in [4.69, 9.17) is 13.9 Å². The van der Waals surface area contributed by atoms with Gasteiger partial charge in [0.05, 0.1) is 7.11 Å². The molecule has 0 bridgehead atoms. The van der Waals surface area contributed by atoms with Crippen molar-refractivity contribution in [3.8, 4) is 22.8 Å². The molecule has 5 heteroatoms. The van der Waals surface area contributed by atoms with Gasteiger partial charge in [-0.25, -0.2) is 4.39 Å². The van der Waals surface area contributed by atoms with Crippen molar-refractivity contribution in [3.63, 3.8) is 0 Å². The summed E-state index contributed by atoms with van der Waals surface area (Å²) >= 11 is 0. The van der Waals surface area contributed by atoms with Crippen LogP contribution in [0.1, 0.15) is 0 Å². The fourth-order valence-corrected chi connectivity index (χ4v) is 2.39. The molecule has 1 heterocycles. The first kappa shape index (κ1) is 15.8. The predicted octanol–water partition coefficient (Wildman–Crippen LogP) is 4.17. The van der Waals surface area contributed by atoms with E-state index >= 15 is 0 Å². The van der Waals surface area contributed by atoms with Gasteiger partial charge in [-0.15, -0.1) is 0 Å². The van der Waals surface area contributed by atoms with Crippen LogP contribution < -0.4 is 14.9 Å². The van der Waals surface area contributed by atoms with Gasteiger partial charge in [-0.05, 0) is 24.3 Å². The Labute approximate surface area is 137 Å². The van der Waals surface area contributed by atoms with E-state index in [9.17, 15) is 9.18 Å². The molecule has 4 nitrogen and oxygen atoms in total. The van der Waals surface area contributed by atoms with Gasteiger partial charge < -0.3 is 13.9 Å². The van der Waals surface area contributed by atoms with Gasteiger partial charge in [-0.1, -0.05) is 12.7 Å². The summed E-state index contributed by atoms with van der Waals surface area (Å²) in [5.41, 5.74) is 0.527. The number of ether oxygens (including phenoxy) is 2. The minimum atomic E-state index is -0.534. The lowest BCUT2D eigenvalue weighted by molar-refractivity contribution is 0.363. The highest BCUT2D eigenvalue weighted by Crippen LogP contribution is 2.29. The molecule has 3 aromatic rings. The van der Waals surface area contributed by atoms with Crippen molar-refractivity contribution in [3.05, 3.63) is 71.2 Å². The number of hydrogen-bond acceptors (Lipinski definition) is 4. The number of halogens is 1. The average molecular weight is 326 g/mol. The predicted molar refractivity (Wildman–Crippen MR) is 90.1 cm³/mol. The van der Waals surface area contributed by atoms with E-state index < -0.39 is 5.82 Å².